The lowest BCUT2D eigenvalue weighted by atomic mass is 9.98. The number of rotatable bonds is 6. The van der Waals surface area contributed by atoms with Crippen molar-refractivity contribution in [3.63, 3.8) is 0 Å². The van der Waals surface area contributed by atoms with E-state index in [1.165, 1.54) is 0 Å². The van der Waals surface area contributed by atoms with Gasteiger partial charge in [0.2, 0.25) is 0 Å². The second-order valence-electron chi connectivity index (χ2n) is 5.12. The molecule has 0 aliphatic rings. The molecule has 4 N–H and O–H groups in total. The summed E-state index contributed by atoms with van der Waals surface area (Å²) in [5.41, 5.74) is 11.5. The fourth-order valence-corrected chi connectivity index (χ4v) is 1.38. The van der Waals surface area contributed by atoms with Crippen molar-refractivity contribution in [2.45, 2.75) is 62.1 Å². The quantitative estimate of drug-likeness (QED) is 0.332. The number of hydrogen-bond acceptors (Lipinski definition) is 7. The molecule has 0 aliphatic carbocycles. The molecule has 5 nitrogen and oxygen atoms in total. The molecule has 0 radical (unpaired) electrons. The van der Waals surface area contributed by atoms with Gasteiger partial charge in [0.05, 0.1) is 0 Å². The van der Waals surface area contributed by atoms with Crippen LogP contribution in [0.1, 0.15) is 40.5 Å². The van der Waals surface area contributed by atoms with E-state index in [4.69, 9.17) is 16.2 Å². The molecule has 4 atom stereocenters. The molecule has 0 aromatic heterocycles. The number of hydrogen-bond donors (Lipinski definition) is 4. The highest BCUT2D eigenvalue weighted by Crippen LogP contribution is 2.24. The van der Waals surface area contributed by atoms with Crippen LogP contribution in [0.5, 0.6) is 0 Å². The summed E-state index contributed by atoms with van der Waals surface area (Å²) in [5, 5.41) is 0. The third-order valence-electron chi connectivity index (χ3n) is 3.48. The van der Waals surface area contributed by atoms with Gasteiger partial charge < -0.3 is 16.2 Å². The molecule has 0 fully saturated rings. The Morgan fingerprint density at radius 3 is 1.47 bits per heavy atom. The van der Waals surface area contributed by atoms with Crippen molar-refractivity contribution in [2.24, 2.45) is 11.5 Å². The van der Waals surface area contributed by atoms with Gasteiger partial charge in [0, 0.05) is 9.49 Å². The first kappa shape index (κ1) is 18.8. The predicted octanol–water partition coefficient (Wildman–Crippen LogP) is 0.908. The van der Waals surface area contributed by atoms with Gasteiger partial charge in [0.1, 0.15) is 12.1 Å². The van der Waals surface area contributed by atoms with Crippen LogP contribution in [0.15, 0.2) is 0 Å². The van der Waals surface area contributed by atoms with Gasteiger partial charge in [-0.3, -0.25) is 0 Å². The van der Waals surface area contributed by atoms with Crippen molar-refractivity contribution in [1.29, 1.82) is 0 Å². The molecule has 0 saturated heterocycles. The zero-order valence-electron chi connectivity index (χ0n) is 11.8. The fourth-order valence-electron chi connectivity index (χ4n) is 1.17. The minimum atomic E-state index is -0.996. The fraction of sp³-hybridized carbons (Fsp3) is 0.833. The molecule has 0 aromatic rings. The Hall–Kier alpha value is -0.240. The smallest absolute Gasteiger partial charge is 0.332 e. The van der Waals surface area contributed by atoms with Crippen LogP contribution >= 0.6 is 25.3 Å². The van der Waals surface area contributed by atoms with E-state index < -0.39 is 33.5 Å². The Bertz CT molecular complexity index is 314. The number of esters is 2. The summed E-state index contributed by atoms with van der Waals surface area (Å²) >= 11 is 8.57. The summed E-state index contributed by atoms with van der Waals surface area (Å²) in [6.07, 6.45) is 1.12. The van der Waals surface area contributed by atoms with E-state index >= 15 is 0 Å². The second kappa shape index (κ2) is 6.97. The van der Waals surface area contributed by atoms with E-state index in [-0.39, 0.29) is 0 Å². The number of ether oxygens (including phenoxy) is 1. The monoisotopic (exact) mass is 308 g/mol. The van der Waals surface area contributed by atoms with Crippen LogP contribution in [0, 0.1) is 0 Å². The first-order valence-electron chi connectivity index (χ1n) is 6.21. The highest BCUT2D eigenvalue weighted by molar-refractivity contribution is 7.82. The van der Waals surface area contributed by atoms with Crippen LogP contribution in [0.25, 0.3) is 0 Å². The second-order valence-corrected chi connectivity index (χ2v) is 7.16. The summed E-state index contributed by atoms with van der Waals surface area (Å²) in [4.78, 5) is 23.6. The van der Waals surface area contributed by atoms with Crippen LogP contribution in [0.2, 0.25) is 0 Å². The molecule has 0 heterocycles. The molecule has 0 rings (SSSR count). The third kappa shape index (κ3) is 4.98. The molecule has 19 heavy (non-hydrogen) atoms. The molecule has 0 bridgehead atoms. The van der Waals surface area contributed by atoms with Gasteiger partial charge >= 0.3 is 11.9 Å². The Morgan fingerprint density at radius 1 is 1.00 bits per heavy atom. The van der Waals surface area contributed by atoms with Crippen molar-refractivity contribution in [2.75, 3.05) is 0 Å². The van der Waals surface area contributed by atoms with Gasteiger partial charge in [-0.05, 0) is 26.7 Å². The zero-order valence-corrected chi connectivity index (χ0v) is 13.6. The summed E-state index contributed by atoms with van der Waals surface area (Å²) in [6, 6.07) is -1.99. The maximum absolute atomic E-state index is 11.8. The maximum Gasteiger partial charge on any atom is 0.332 e. The molecule has 0 saturated carbocycles. The highest BCUT2D eigenvalue weighted by atomic mass is 32.1. The highest BCUT2D eigenvalue weighted by Gasteiger charge is 2.38. The van der Waals surface area contributed by atoms with Gasteiger partial charge in [0.25, 0.3) is 0 Å². The lowest BCUT2D eigenvalue weighted by molar-refractivity contribution is -0.162. The van der Waals surface area contributed by atoms with Gasteiger partial charge in [-0.15, -0.1) is 0 Å². The standard InChI is InChI=1S/C12H24N2O3S2/c1-5-11(3,18)7(13)9(15)17-10(16)8(14)12(4,19)6-2/h7-8,18-19H,5-6,13-14H2,1-4H3/t7-,8-,11-,12?/m1/s1. The topological polar surface area (TPSA) is 95.4 Å². The number of carbonyl (C=O) groups excluding carboxylic acids is 2. The Labute approximate surface area is 125 Å². The lowest BCUT2D eigenvalue weighted by Crippen LogP contribution is -2.52. The van der Waals surface area contributed by atoms with Gasteiger partial charge in [-0.1, -0.05) is 13.8 Å². The molecule has 112 valence electrons. The van der Waals surface area contributed by atoms with Crippen molar-refractivity contribution in [3.8, 4) is 0 Å². The van der Waals surface area contributed by atoms with Crippen molar-refractivity contribution in [3.05, 3.63) is 0 Å². The van der Waals surface area contributed by atoms with E-state index in [9.17, 15) is 9.59 Å². The van der Waals surface area contributed by atoms with Gasteiger partial charge in [0.15, 0.2) is 0 Å². The number of nitrogens with two attached hydrogens (primary N) is 2. The van der Waals surface area contributed by atoms with E-state index in [1.807, 2.05) is 13.8 Å². The van der Waals surface area contributed by atoms with E-state index in [0.717, 1.165) is 0 Å². The normalized spacial score (nSPS) is 20.8. The minimum Gasteiger partial charge on any atom is -0.391 e. The van der Waals surface area contributed by atoms with E-state index in [2.05, 4.69) is 25.3 Å². The van der Waals surface area contributed by atoms with Crippen LogP contribution in [-0.4, -0.2) is 33.5 Å². The number of thiol groups is 2. The Balaban J connectivity index is 4.71. The third-order valence-corrected chi connectivity index (χ3v) is 4.67. The molecule has 0 spiro atoms. The molecule has 7 heteroatoms. The summed E-state index contributed by atoms with van der Waals surface area (Å²) < 4.78 is 3.25. The van der Waals surface area contributed by atoms with Crippen molar-refractivity contribution < 1.29 is 14.3 Å². The molecule has 0 aliphatic heterocycles. The molecular formula is C12H24N2O3S2. The van der Waals surface area contributed by atoms with Crippen LogP contribution < -0.4 is 11.5 Å². The number of carbonyl (C=O) groups is 2. The maximum atomic E-state index is 11.8. The van der Waals surface area contributed by atoms with Crippen molar-refractivity contribution in [1.82, 2.24) is 0 Å². The van der Waals surface area contributed by atoms with Gasteiger partial charge in [-0.2, -0.15) is 25.3 Å². The van der Waals surface area contributed by atoms with E-state index in [0.29, 0.717) is 12.8 Å². The van der Waals surface area contributed by atoms with Crippen LogP contribution in [-0.2, 0) is 14.3 Å². The average Bonchev–Trinajstić information content (AvgIpc) is 2.36. The SMILES string of the molecule is CCC(C)(S)[C@H](N)C(=O)OC(=O)[C@@H](N)[C@](C)(S)CC. The first-order chi connectivity index (χ1) is 8.49. The predicted molar refractivity (Wildman–Crippen MR) is 82.4 cm³/mol. The Morgan fingerprint density at radius 2 is 1.26 bits per heavy atom. The average molecular weight is 308 g/mol. The van der Waals surface area contributed by atoms with Crippen LogP contribution in [0.4, 0.5) is 0 Å². The van der Waals surface area contributed by atoms with Crippen molar-refractivity contribution >= 4 is 37.2 Å². The first-order valence-corrected chi connectivity index (χ1v) is 7.10. The molecular weight excluding hydrogens is 284 g/mol. The summed E-state index contributed by atoms with van der Waals surface area (Å²) in [7, 11) is 0. The minimum absolute atomic E-state index is 0.561. The van der Waals surface area contributed by atoms with Crippen LogP contribution in [0.3, 0.4) is 0 Å². The lowest BCUT2D eigenvalue weighted by Gasteiger charge is -2.29. The molecule has 1 unspecified atom stereocenters. The van der Waals surface area contributed by atoms with Gasteiger partial charge in [-0.25, -0.2) is 9.59 Å². The Kier molecular flexibility index (Phi) is 6.88. The summed E-state index contributed by atoms with van der Waals surface area (Å²) in [6.45, 7) is 7.10. The van der Waals surface area contributed by atoms with E-state index in [1.54, 1.807) is 13.8 Å². The molecule has 0 amide bonds. The molecule has 0 aromatic carbocycles. The largest absolute Gasteiger partial charge is 0.391 e. The zero-order chi connectivity index (χ0) is 15.4. The summed E-state index contributed by atoms with van der Waals surface area (Å²) in [5.74, 6) is -1.64.